The van der Waals surface area contributed by atoms with Crippen molar-refractivity contribution in [3.8, 4) is 5.75 Å². The third kappa shape index (κ3) is 3.58. The van der Waals surface area contributed by atoms with Crippen LogP contribution in [0.4, 0.5) is 0 Å². The van der Waals surface area contributed by atoms with Gasteiger partial charge >= 0.3 is 5.97 Å². The molecule has 1 aromatic rings. The largest absolute Gasteiger partial charge is 0.497 e. The number of rotatable bonds is 4. The third-order valence-corrected chi connectivity index (χ3v) is 2.58. The molecule has 0 radical (unpaired) electrons. The lowest BCUT2D eigenvalue weighted by molar-refractivity contribution is -0.137. The zero-order valence-corrected chi connectivity index (χ0v) is 11.4. The van der Waals surface area contributed by atoms with Crippen molar-refractivity contribution in [1.29, 1.82) is 0 Å². The maximum Gasteiger partial charge on any atom is 0.332 e. The van der Waals surface area contributed by atoms with Crippen LogP contribution in [0.3, 0.4) is 0 Å². The zero-order chi connectivity index (χ0) is 14.4. The first-order valence-corrected chi connectivity index (χ1v) is 6.21. The second kappa shape index (κ2) is 6.72. The molecule has 1 heterocycles. The first-order valence-electron chi connectivity index (χ1n) is 6.21. The Hall–Kier alpha value is -2.34. The fourth-order valence-corrected chi connectivity index (χ4v) is 1.64. The van der Waals surface area contributed by atoms with E-state index in [-0.39, 0.29) is 6.61 Å². The molecule has 0 aromatic heterocycles. The lowest BCUT2D eigenvalue weighted by Crippen LogP contribution is -2.30. The number of amidine groups is 1. The van der Waals surface area contributed by atoms with Crippen molar-refractivity contribution < 1.29 is 19.1 Å². The molecule has 1 N–H and O–H groups in total. The fraction of sp³-hybridized carbons (Fsp3) is 0.286. The number of nitrogens with zero attached hydrogens (tertiary/aromatic N) is 1. The Morgan fingerprint density at radius 2 is 2.20 bits per heavy atom. The lowest BCUT2D eigenvalue weighted by atomic mass is 10.2. The van der Waals surface area contributed by atoms with E-state index in [0.29, 0.717) is 18.1 Å². The number of hydrogen-bond acceptors (Lipinski definition) is 6. The van der Waals surface area contributed by atoms with Gasteiger partial charge in [0.1, 0.15) is 12.4 Å². The average Bonchev–Trinajstić information content (AvgIpc) is 2.48. The molecule has 0 saturated carbocycles. The van der Waals surface area contributed by atoms with Gasteiger partial charge in [-0.1, -0.05) is 0 Å². The number of methoxy groups -OCH3 is 1. The number of carbonyl (C=O) groups excluding carboxylic acids is 1. The molecule has 0 unspecified atom stereocenters. The average molecular weight is 276 g/mol. The van der Waals surface area contributed by atoms with E-state index in [9.17, 15) is 4.79 Å². The molecule has 0 bridgehead atoms. The quantitative estimate of drug-likeness (QED) is 0.665. The molecule has 0 aliphatic carbocycles. The Kier molecular flexibility index (Phi) is 4.73. The third-order valence-electron chi connectivity index (χ3n) is 2.58. The van der Waals surface area contributed by atoms with E-state index in [0.717, 1.165) is 11.3 Å². The Labute approximate surface area is 117 Å². The van der Waals surface area contributed by atoms with Crippen LogP contribution in [-0.4, -0.2) is 32.1 Å². The second-order valence-corrected chi connectivity index (χ2v) is 3.97. The molecular weight excluding hydrogens is 260 g/mol. The van der Waals surface area contributed by atoms with Gasteiger partial charge in [-0.15, -0.1) is 0 Å². The normalized spacial score (nSPS) is 16.3. The van der Waals surface area contributed by atoms with Crippen LogP contribution in [0, 0.1) is 0 Å². The molecule has 1 aliphatic heterocycles. The highest BCUT2D eigenvalue weighted by molar-refractivity contribution is 5.99. The van der Waals surface area contributed by atoms with Crippen molar-refractivity contribution in [2.45, 2.75) is 6.92 Å². The minimum atomic E-state index is -0.425. The van der Waals surface area contributed by atoms with Gasteiger partial charge in [-0.2, -0.15) is 0 Å². The molecule has 0 fully saturated rings. The zero-order valence-electron chi connectivity index (χ0n) is 11.4. The maximum atomic E-state index is 11.4. The summed E-state index contributed by atoms with van der Waals surface area (Å²) in [5.74, 6) is 0.869. The number of benzene rings is 1. The van der Waals surface area contributed by atoms with Crippen LogP contribution < -0.4 is 10.2 Å². The number of hydrogen-bond donors (Lipinski definition) is 1. The number of esters is 1. The summed E-state index contributed by atoms with van der Waals surface area (Å²) in [6, 6.07) is 7.34. The number of carbonyl (C=O) groups is 1. The summed E-state index contributed by atoms with van der Waals surface area (Å²) >= 11 is 0. The standard InChI is InChI=1S/C14H16N2O4/c1-3-19-13(17)8-11-9-20-16-14(15-11)10-4-6-12(18-2)7-5-10/h4-8H,3,9H2,1-2H3,(H,15,16)/b11-8+. The highest BCUT2D eigenvalue weighted by atomic mass is 16.6. The predicted molar refractivity (Wildman–Crippen MR) is 73.3 cm³/mol. The summed E-state index contributed by atoms with van der Waals surface area (Å²) in [5.41, 5.74) is 4.07. The minimum Gasteiger partial charge on any atom is -0.497 e. The molecule has 0 amide bonds. The van der Waals surface area contributed by atoms with Crippen LogP contribution in [0.2, 0.25) is 0 Å². The van der Waals surface area contributed by atoms with Crippen molar-refractivity contribution in [2.75, 3.05) is 20.3 Å². The van der Waals surface area contributed by atoms with Gasteiger partial charge in [-0.05, 0) is 31.2 Å². The van der Waals surface area contributed by atoms with Crippen LogP contribution in [0.1, 0.15) is 12.5 Å². The van der Waals surface area contributed by atoms with Crippen LogP contribution in [-0.2, 0) is 14.4 Å². The van der Waals surface area contributed by atoms with E-state index in [1.165, 1.54) is 6.08 Å². The van der Waals surface area contributed by atoms with Crippen molar-refractivity contribution in [2.24, 2.45) is 4.99 Å². The van der Waals surface area contributed by atoms with Crippen LogP contribution >= 0.6 is 0 Å². The van der Waals surface area contributed by atoms with Gasteiger partial charge in [0.05, 0.1) is 19.4 Å². The van der Waals surface area contributed by atoms with Gasteiger partial charge in [0.15, 0.2) is 5.84 Å². The van der Waals surface area contributed by atoms with Crippen molar-refractivity contribution >= 4 is 11.8 Å². The van der Waals surface area contributed by atoms with Crippen molar-refractivity contribution in [1.82, 2.24) is 5.48 Å². The summed E-state index contributed by atoms with van der Waals surface area (Å²) in [6.45, 7) is 2.29. The monoisotopic (exact) mass is 276 g/mol. The molecule has 0 atom stereocenters. The lowest BCUT2D eigenvalue weighted by Gasteiger charge is -2.16. The molecule has 6 nitrogen and oxygen atoms in total. The Morgan fingerprint density at radius 1 is 1.45 bits per heavy atom. The number of nitrogens with one attached hydrogen (secondary N) is 1. The summed E-state index contributed by atoms with van der Waals surface area (Å²) in [7, 11) is 1.61. The Balaban J connectivity index is 2.18. The van der Waals surface area contributed by atoms with Gasteiger partial charge < -0.3 is 9.47 Å². The highest BCUT2D eigenvalue weighted by Crippen LogP contribution is 2.14. The second-order valence-electron chi connectivity index (χ2n) is 3.97. The van der Waals surface area contributed by atoms with E-state index < -0.39 is 5.97 Å². The molecule has 1 aliphatic rings. The van der Waals surface area contributed by atoms with E-state index in [1.807, 2.05) is 24.3 Å². The van der Waals surface area contributed by atoms with E-state index in [2.05, 4.69) is 10.5 Å². The van der Waals surface area contributed by atoms with Crippen molar-refractivity contribution in [3.05, 3.63) is 41.6 Å². The smallest absolute Gasteiger partial charge is 0.332 e. The van der Waals surface area contributed by atoms with Gasteiger partial charge in [0.25, 0.3) is 0 Å². The number of aliphatic imine (C=N–C) groups is 1. The van der Waals surface area contributed by atoms with E-state index >= 15 is 0 Å². The molecule has 1 aromatic carbocycles. The molecular formula is C14H16N2O4. The molecule has 20 heavy (non-hydrogen) atoms. The SMILES string of the molecule is CCOC(=O)/C=C1\CONC(c2ccc(OC)cc2)=N1. The molecule has 0 saturated heterocycles. The molecule has 106 valence electrons. The van der Waals surface area contributed by atoms with E-state index in [1.54, 1.807) is 14.0 Å². The van der Waals surface area contributed by atoms with Gasteiger partial charge in [-0.25, -0.2) is 15.3 Å². The molecule has 2 rings (SSSR count). The minimum absolute atomic E-state index is 0.207. The van der Waals surface area contributed by atoms with Gasteiger partial charge in [-0.3, -0.25) is 4.84 Å². The fourth-order valence-electron chi connectivity index (χ4n) is 1.64. The maximum absolute atomic E-state index is 11.4. The molecule has 0 spiro atoms. The first kappa shape index (κ1) is 14.1. The van der Waals surface area contributed by atoms with Gasteiger partial charge in [0.2, 0.25) is 0 Å². The van der Waals surface area contributed by atoms with Crippen LogP contribution in [0.15, 0.2) is 41.0 Å². The Morgan fingerprint density at radius 3 is 2.85 bits per heavy atom. The van der Waals surface area contributed by atoms with E-state index in [4.69, 9.17) is 14.3 Å². The highest BCUT2D eigenvalue weighted by Gasteiger charge is 2.12. The Bertz CT molecular complexity index is 535. The molecule has 6 heteroatoms. The summed E-state index contributed by atoms with van der Waals surface area (Å²) in [6.07, 6.45) is 1.33. The van der Waals surface area contributed by atoms with Crippen LogP contribution in [0.5, 0.6) is 5.75 Å². The van der Waals surface area contributed by atoms with Crippen molar-refractivity contribution in [3.63, 3.8) is 0 Å². The summed E-state index contributed by atoms with van der Waals surface area (Å²) in [4.78, 5) is 20.9. The van der Waals surface area contributed by atoms with Crippen LogP contribution in [0.25, 0.3) is 0 Å². The first-order chi connectivity index (χ1) is 9.72. The predicted octanol–water partition coefficient (Wildman–Crippen LogP) is 1.42. The number of ether oxygens (including phenoxy) is 2. The summed E-state index contributed by atoms with van der Waals surface area (Å²) < 4.78 is 9.93. The summed E-state index contributed by atoms with van der Waals surface area (Å²) in [5, 5.41) is 0. The number of hydroxylamine groups is 1. The van der Waals surface area contributed by atoms with Gasteiger partial charge in [0, 0.05) is 11.6 Å². The topological polar surface area (TPSA) is 69.2 Å².